The van der Waals surface area contributed by atoms with Crippen molar-refractivity contribution in [1.29, 1.82) is 0 Å². The minimum absolute atomic E-state index is 0.0218. The van der Waals surface area contributed by atoms with Crippen LogP contribution in [0.4, 0.5) is 5.69 Å². The number of likely N-dealkylation sites (tertiary alicyclic amines) is 1. The summed E-state index contributed by atoms with van der Waals surface area (Å²) in [6.07, 6.45) is 6.12. The van der Waals surface area contributed by atoms with Crippen LogP contribution < -0.4 is 5.32 Å². The molecular formula is C19H25N3O3S. The molecule has 0 radical (unpaired) electrons. The van der Waals surface area contributed by atoms with E-state index in [1.54, 1.807) is 12.1 Å². The van der Waals surface area contributed by atoms with Gasteiger partial charge in [0.1, 0.15) is 5.84 Å². The van der Waals surface area contributed by atoms with Gasteiger partial charge in [0.25, 0.3) is 10.0 Å². The third-order valence-corrected chi connectivity index (χ3v) is 7.34. The fraction of sp³-hybridized carbons (Fsp3) is 0.579. The number of fused-ring (bicyclic) bond motifs is 2. The average molecular weight is 375 g/mol. The topological polar surface area (TPSA) is 78.8 Å². The van der Waals surface area contributed by atoms with Crippen LogP contribution >= 0.6 is 0 Å². The molecule has 1 N–H and O–H groups in total. The lowest BCUT2D eigenvalue weighted by molar-refractivity contribution is -0.121. The highest BCUT2D eigenvalue weighted by molar-refractivity contribution is 7.90. The molecule has 0 aromatic heterocycles. The molecule has 1 saturated heterocycles. The minimum atomic E-state index is -3.77. The van der Waals surface area contributed by atoms with Gasteiger partial charge in [-0.05, 0) is 55.7 Å². The second kappa shape index (κ2) is 6.68. The molecule has 3 aliphatic rings. The van der Waals surface area contributed by atoms with Gasteiger partial charge in [0.2, 0.25) is 5.91 Å². The van der Waals surface area contributed by atoms with Crippen LogP contribution in [0.15, 0.2) is 33.6 Å². The number of hydrogen-bond acceptors (Lipinski definition) is 3. The molecule has 0 spiro atoms. The number of carbonyl (C=O) groups is 1. The van der Waals surface area contributed by atoms with Crippen molar-refractivity contribution >= 4 is 27.5 Å². The molecule has 1 heterocycles. The van der Waals surface area contributed by atoms with Crippen LogP contribution in [-0.2, 0) is 14.8 Å². The van der Waals surface area contributed by atoms with E-state index in [4.69, 9.17) is 0 Å². The smallest absolute Gasteiger partial charge is 0.284 e. The zero-order valence-electron chi connectivity index (χ0n) is 15.0. The van der Waals surface area contributed by atoms with Crippen LogP contribution in [0.1, 0.15) is 38.5 Å². The molecule has 1 aromatic carbocycles. The number of amides is 1. The van der Waals surface area contributed by atoms with E-state index in [-0.39, 0.29) is 16.7 Å². The molecule has 3 unspecified atom stereocenters. The van der Waals surface area contributed by atoms with E-state index in [0.717, 1.165) is 32.2 Å². The van der Waals surface area contributed by atoms with Crippen molar-refractivity contribution in [3.8, 4) is 0 Å². The Labute approximate surface area is 154 Å². The predicted molar refractivity (Wildman–Crippen MR) is 100 cm³/mol. The van der Waals surface area contributed by atoms with Gasteiger partial charge in [0.15, 0.2) is 0 Å². The van der Waals surface area contributed by atoms with Crippen LogP contribution in [0, 0.1) is 17.8 Å². The van der Waals surface area contributed by atoms with Gasteiger partial charge in [-0.1, -0.05) is 12.5 Å². The third-order valence-electron chi connectivity index (χ3n) is 6.03. The van der Waals surface area contributed by atoms with Gasteiger partial charge in [0.05, 0.1) is 4.90 Å². The molecule has 1 aromatic rings. The first kappa shape index (κ1) is 17.5. The Hall–Kier alpha value is -1.89. The molecule has 26 heavy (non-hydrogen) atoms. The number of nitrogens with zero attached hydrogens (tertiary/aromatic N) is 2. The Morgan fingerprint density at radius 2 is 2.12 bits per heavy atom. The molecule has 1 aliphatic heterocycles. The number of amidine groups is 1. The van der Waals surface area contributed by atoms with Gasteiger partial charge in [-0.25, -0.2) is 0 Å². The minimum Gasteiger partial charge on any atom is -0.362 e. The highest BCUT2D eigenvalue weighted by atomic mass is 32.2. The van der Waals surface area contributed by atoms with Gasteiger partial charge in [-0.3, -0.25) is 4.79 Å². The van der Waals surface area contributed by atoms with Crippen LogP contribution in [-0.4, -0.2) is 38.7 Å². The number of sulfonamides is 1. The van der Waals surface area contributed by atoms with E-state index in [1.165, 1.54) is 18.6 Å². The average Bonchev–Trinajstić information content (AvgIpc) is 3.33. The number of benzene rings is 1. The summed E-state index contributed by atoms with van der Waals surface area (Å²) < 4.78 is 29.2. The normalized spacial score (nSPS) is 29.5. The summed E-state index contributed by atoms with van der Waals surface area (Å²) in [6, 6.07) is 6.43. The van der Waals surface area contributed by atoms with E-state index in [1.807, 2.05) is 11.9 Å². The molecule has 140 valence electrons. The quantitative estimate of drug-likeness (QED) is 0.878. The molecule has 1 amide bonds. The van der Waals surface area contributed by atoms with E-state index >= 15 is 0 Å². The SMILES string of the molecule is CN1CCC/C1=N\S(=O)(=O)c1cccc(NC(=O)C2CC3CCC2C3)c1. The molecule has 2 saturated carbocycles. The fourth-order valence-corrected chi connectivity index (χ4v) is 5.78. The highest BCUT2D eigenvalue weighted by Gasteiger charge is 2.43. The largest absolute Gasteiger partial charge is 0.362 e. The van der Waals surface area contributed by atoms with Gasteiger partial charge >= 0.3 is 0 Å². The molecule has 4 rings (SSSR count). The van der Waals surface area contributed by atoms with Gasteiger partial charge in [-0.2, -0.15) is 8.42 Å². The van der Waals surface area contributed by atoms with E-state index in [0.29, 0.717) is 29.8 Å². The predicted octanol–water partition coefficient (Wildman–Crippen LogP) is 2.87. The zero-order valence-corrected chi connectivity index (χ0v) is 15.8. The second-order valence-corrected chi connectivity index (χ2v) is 9.41. The van der Waals surface area contributed by atoms with Gasteiger partial charge in [-0.15, -0.1) is 4.40 Å². The van der Waals surface area contributed by atoms with Crippen molar-refractivity contribution in [1.82, 2.24) is 4.90 Å². The molecule has 3 fully saturated rings. The molecule has 2 aliphatic carbocycles. The maximum atomic E-state index is 12.6. The van der Waals surface area contributed by atoms with Crippen molar-refractivity contribution in [2.75, 3.05) is 18.9 Å². The summed E-state index contributed by atoms with van der Waals surface area (Å²) in [7, 11) is -1.91. The van der Waals surface area contributed by atoms with Crippen LogP contribution in [0.2, 0.25) is 0 Å². The summed E-state index contributed by atoms with van der Waals surface area (Å²) in [5.74, 6) is 1.88. The Bertz CT molecular complexity index is 849. The summed E-state index contributed by atoms with van der Waals surface area (Å²) >= 11 is 0. The summed E-state index contributed by atoms with van der Waals surface area (Å²) in [4.78, 5) is 14.6. The lowest BCUT2D eigenvalue weighted by Gasteiger charge is -2.20. The number of anilines is 1. The number of nitrogens with one attached hydrogen (secondary N) is 1. The first-order valence-corrected chi connectivity index (χ1v) is 10.8. The Balaban J connectivity index is 1.50. The second-order valence-electron chi connectivity index (χ2n) is 7.81. The summed E-state index contributed by atoms with van der Waals surface area (Å²) in [5, 5.41) is 2.92. The van der Waals surface area contributed by atoms with E-state index in [9.17, 15) is 13.2 Å². The Kier molecular flexibility index (Phi) is 4.50. The monoisotopic (exact) mass is 375 g/mol. The number of rotatable bonds is 4. The van der Waals surface area contributed by atoms with Crippen LogP contribution in [0.3, 0.4) is 0 Å². The molecule has 7 heteroatoms. The standard InChI is InChI=1S/C19H25N3O3S/c1-22-9-3-6-18(22)21-26(24,25)16-5-2-4-15(12-16)20-19(23)17-11-13-7-8-14(17)10-13/h2,4-5,12-14,17H,3,6-11H2,1H3,(H,20,23)/b21-18+. The summed E-state index contributed by atoms with van der Waals surface area (Å²) in [6.45, 7) is 0.827. The highest BCUT2D eigenvalue weighted by Crippen LogP contribution is 2.48. The fourth-order valence-electron chi connectivity index (χ4n) is 4.64. The Morgan fingerprint density at radius 1 is 1.27 bits per heavy atom. The Morgan fingerprint density at radius 3 is 2.77 bits per heavy atom. The van der Waals surface area contributed by atoms with E-state index < -0.39 is 10.0 Å². The van der Waals surface area contributed by atoms with Gasteiger partial charge < -0.3 is 10.2 Å². The molecule has 2 bridgehead atoms. The number of carbonyl (C=O) groups excluding carboxylic acids is 1. The van der Waals surface area contributed by atoms with Crippen LogP contribution in [0.5, 0.6) is 0 Å². The van der Waals surface area contributed by atoms with Crippen molar-refractivity contribution in [2.24, 2.45) is 22.2 Å². The summed E-state index contributed by atoms with van der Waals surface area (Å²) in [5.41, 5.74) is 0.527. The maximum absolute atomic E-state index is 12.6. The molecule has 3 atom stereocenters. The van der Waals surface area contributed by atoms with Crippen molar-refractivity contribution in [3.05, 3.63) is 24.3 Å². The van der Waals surface area contributed by atoms with Crippen LogP contribution in [0.25, 0.3) is 0 Å². The van der Waals surface area contributed by atoms with E-state index in [2.05, 4.69) is 9.71 Å². The third kappa shape index (κ3) is 3.37. The van der Waals surface area contributed by atoms with Crippen molar-refractivity contribution < 1.29 is 13.2 Å². The number of hydrogen-bond donors (Lipinski definition) is 1. The first-order chi connectivity index (χ1) is 12.4. The first-order valence-electron chi connectivity index (χ1n) is 9.38. The van der Waals surface area contributed by atoms with Crippen molar-refractivity contribution in [2.45, 2.75) is 43.4 Å². The lowest BCUT2D eigenvalue weighted by atomic mass is 9.88. The molecular weight excluding hydrogens is 350 g/mol. The maximum Gasteiger partial charge on any atom is 0.284 e. The van der Waals surface area contributed by atoms with Crippen molar-refractivity contribution in [3.63, 3.8) is 0 Å². The molecule has 6 nitrogen and oxygen atoms in total. The zero-order chi connectivity index (χ0) is 18.3. The lowest BCUT2D eigenvalue weighted by Crippen LogP contribution is -2.27. The van der Waals surface area contributed by atoms with Gasteiger partial charge in [0, 0.05) is 31.6 Å².